The predicted molar refractivity (Wildman–Crippen MR) is 90.0 cm³/mol. The molecule has 21 heavy (non-hydrogen) atoms. The molecule has 0 aliphatic carbocycles. The summed E-state index contributed by atoms with van der Waals surface area (Å²) in [6, 6.07) is 0. The van der Waals surface area contributed by atoms with Crippen LogP contribution < -0.4 is 0 Å². The molecule has 0 aromatic heterocycles. The van der Waals surface area contributed by atoms with Gasteiger partial charge in [0.2, 0.25) is 0 Å². The summed E-state index contributed by atoms with van der Waals surface area (Å²) in [4.78, 5) is 11.1. The lowest BCUT2D eigenvalue weighted by molar-refractivity contribution is -0.141. The molecule has 0 unspecified atom stereocenters. The molecule has 0 N–H and O–H groups in total. The van der Waals surface area contributed by atoms with Crippen LogP contribution in [-0.2, 0) is 14.0 Å². The summed E-state index contributed by atoms with van der Waals surface area (Å²) >= 11 is 0. The Kier molecular flexibility index (Phi) is 7.41. The van der Waals surface area contributed by atoms with E-state index in [9.17, 15) is 4.79 Å². The van der Waals surface area contributed by atoms with Gasteiger partial charge in [-0.2, -0.15) is 0 Å². The predicted octanol–water partition coefficient (Wildman–Crippen LogP) is 5.05. The van der Waals surface area contributed by atoms with E-state index in [-0.39, 0.29) is 12.1 Å². The fraction of sp³-hybridized carbons (Fsp3) is 0.941. The van der Waals surface area contributed by atoms with Gasteiger partial charge in [0.05, 0.1) is 0 Å². The van der Waals surface area contributed by atoms with Crippen LogP contribution in [0.3, 0.4) is 0 Å². The van der Waals surface area contributed by atoms with Gasteiger partial charge in [-0.3, -0.25) is 4.79 Å². The maximum atomic E-state index is 11.1. The van der Waals surface area contributed by atoms with Crippen molar-refractivity contribution in [2.45, 2.75) is 96.4 Å². The second-order valence-electron chi connectivity index (χ2n) is 7.31. The van der Waals surface area contributed by atoms with Crippen molar-refractivity contribution in [3.63, 3.8) is 0 Å². The van der Waals surface area contributed by atoms with Crippen LogP contribution in [0.2, 0.25) is 16.6 Å². The van der Waals surface area contributed by atoms with Gasteiger partial charge in [0.25, 0.3) is 0 Å². The maximum Gasteiger partial charge on any atom is 0.306 e. The molecule has 0 spiro atoms. The topological polar surface area (TPSA) is 35.5 Å². The van der Waals surface area contributed by atoms with E-state index in [1.165, 1.54) is 0 Å². The van der Waals surface area contributed by atoms with Crippen molar-refractivity contribution >= 4 is 14.3 Å². The molecule has 1 aliphatic rings. The van der Waals surface area contributed by atoms with Crippen LogP contribution in [0.1, 0.15) is 73.6 Å². The molecule has 0 aromatic carbocycles. The fourth-order valence-corrected chi connectivity index (χ4v) is 9.51. The molecule has 4 heteroatoms. The SMILES string of the molecule is CC(C)[Si](OCCCC[C@@H]1CCC(=O)O1)(C(C)C)C(C)C. The van der Waals surface area contributed by atoms with Crippen LogP contribution in [0.4, 0.5) is 0 Å². The standard InChI is InChI=1S/C17H34O3Si/c1-13(2)21(14(3)4,15(5)6)19-12-8-7-9-16-10-11-17(18)20-16/h13-16H,7-12H2,1-6H3/t16-/m1/s1. The quantitative estimate of drug-likeness (QED) is 0.339. The van der Waals surface area contributed by atoms with E-state index >= 15 is 0 Å². The average molecular weight is 315 g/mol. The third-order valence-electron chi connectivity index (χ3n) is 4.95. The highest BCUT2D eigenvalue weighted by molar-refractivity contribution is 6.77. The molecular weight excluding hydrogens is 280 g/mol. The molecule has 3 nitrogen and oxygen atoms in total. The van der Waals surface area contributed by atoms with Crippen molar-refractivity contribution in [2.75, 3.05) is 6.61 Å². The number of cyclic esters (lactones) is 1. The molecular formula is C17H34O3Si. The Morgan fingerprint density at radius 3 is 2.10 bits per heavy atom. The Hall–Kier alpha value is -0.353. The minimum Gasteiger partial charge on any atom is -0.462 e. The zero-order chi connectivity index (χ0) is 16.0. The zero-order valence-electron chi connectivity index (χ0n) is 14.8. The smallest absolute Gasteiger partial charge is 0.306 e. The second kappa shape index (κ2) is 8.32. The maximum absolute atomic E-state index is 11.1. The molecule has 0 radical (unpaired) electrons. The third kappa shape index (κ3) is 4.81. The van der Waals surface area contributed by atoms with Gasteiger partial charge < -0.3 is 9.16 Å². The largest absolute Gasteiger partial charge is 0.462 e. The van der Waals surface area contributed by atoms with Gasteiger partial charge in [-0.1, -0.05) is 41.5 Å². The van der Waals surface area contributed by atoms with E-state index in [0.29, 0.717) is 23.0 Å². The normalized spacial score (nSPS) is 19.9. The summed E-state index contributed by atoms with van der Waals surface area (Å²) < 4.78 is 11.8. The van der Waals surface area contributed by atoms with E-state index < -0.39 is 8.32 Å². The lowest BCUT2D eigenvalue weighted by Gasteiger charge is -2.42. The molecule has 1 fully saturated rings. The van der Waals surface area contributed by atoms with Crippen molar-refractivity contribution in [2.24, 2.45) is 0 Å². The van der Waals surface area contributed by atoms with Crippen molar-refractivity contribution in [3.05, 3.63) is 0 Å². The van der Waals surface area contributed by atoms with Gasteiger partial charge in [0, 0.05) is 13.0 Å². The van der Waals surface area contributed by atoms with Crippen LogP contribution in [0, 0.1) is 0 Å². The van der Waals surface area contributed by atoms with Gasteiger partial charge in [-0.25, -0.2) is 0 Å². The highest BCUT2D eigenvalue weighted by Gasteiger charge is 2.44. The summed E-state index contributed by atoms with van der Waals surface area (Å²) in [6.07, 6.45) is 4.84. The Bertz CT molecular complexity index is 304. The van der Waals surface area contributed by atoms with E-state index in [1.54, 1.807) is 0 Å². The summed E-state index contributed by atoms with van der Waals surface area (Å²) in [6.45, 7) is 14.8. The molecule has 0 bridgehead atoms. The van der Waals surface area contributed by atoms with Crippen LogP contribution >= 0.6 is 0 Å². The molecule has 1 heterocycles. The molecule has 1 saturated heterocycles. The number of carbonyl (C=O) groups is 1. The number of esters is 1. The van der Waals surface area contributed by atoms with Gasteiger partial charge in [-0.15, -0.1) is 0 Å². The monoisotopic (exact) mass is 314 g/mol. The number of carbonyl (C=O) groups excluding carboxylic acids is 1. The molecule has 1 atom stereocenters. The van der Waals surface area contributed by atoms with E-state index in [4.69, 9.17) is 9.16 Å². The minimum absolute atomic E-state index is 0.0258. The van der Waals surface area contributed by atoms with Crippen LogP contribution in [-0.4, -0.2) is 27.0 Å². The summed E-state index contributed by atoms with van der Waals surface area (Å²) in [5.74, 6) is -0.0258. The minimum atomic E-state index is -1.71. The lowest BCUT2D eigenvalue weighted by atomic mass is 10.1. The third-order valence-corrected chi connectivity index (χ3v) is 11.1. The average Bonchev–Trinajstić information content (AvgIpc) is 2.78. The number of hydrogen-bond donors (Lipinski definition) is 0. The molecule has 0 saturated carbocycles. The van der Waals surface area contributed by atoms with Crippen molar-refractivity contribution in [1.29, 1.82) is 0 Å². The lowest BCUT2D eigenvalue weighted by Crippen LogP contribution is -2.47. The first kappa shape index (κ1) is 18.7. The second-order valence-corrected chi connectivity index (χ2v) is 12.8. The molecule has 1 aliphatic heterocycles. The highest BCUT2D eigenvalue weighted by Crippen LogP contribution is 2.42. The molecule has 1 rings (SSSR count). The van der Waals surface area contributed by atoms with Gasteiger partial charge in [0.1, 0.15) is 6.10 Å². The van der Waals surface area contributed by atoms with Crippen LogP contribution in [0.15, 0.2) is 0 Å². The summed E-state index contributed by atoms with van der Waals surface area (Å²) in [5, 5.41) is 0. The van der Waals surface area contributed by atoms with Crippen molar-refractivity contribution < 1.29 is 14.0 Å². The summed E-state index contributed by atoms with van der Waals surface area (Å²) in [5.41, 5.74) is 1.94. The molecule has 0 aromatic rings. The van der Waals surface area contributed by atoms with E-state index in [2.05, 4.69) is 41.5 Å². The van der Waals surface area contributed by atoms with Gasteiger partial charge >= 0.3 is 5.97 Å². The number of hydrogen-bond acceptors (Lipinski definition) is 3. The fourth-order valence-electron chi connectivity index (χ4n) is 4.01. The van der Waals surface area contributed by atoms with Gasteiger partial charge in [-0.05, 0) is 42.3 Å². The van der Waals surface area contributed by atoms with Crippen molar-refractivity contribution in [3.8, 4) is 0 Å². The molecule has 0 amide bonds. The number of ether oxygens (including phenoxy) is 1. The summed E-state index contributed by atoms with van der Waals surface area (Å²) in [7, 11) is -1.71. The number of rotatable bonds is 9. The first-order chi connectivity index (χ1) is 9.80. The van der Waals surface area contributed by atoms with Crippen LogP contribution in [0.25, 0.3) is 0 Å². The Morgan fingerprint density at radius 2 is 1.67 bits per heavy atom. The van der Waals surface area contributed by atoms with Crippen molar-refractivity contribution in [1.82, 2.24) is 0 Å². The van der Waals surface area contributed by atoms with Gasteiger partial charge in [0.15, 0.2) is 8.32 Å². The van der Waals surface area contributed by atoms with Crippen LogP contribution in [0.5, 0.6) is 0 Å². The zero-order valence-corrected chi connectivity index (χ0v) is 15.8. The van der Waals surface area contributed by atoms with E-state index in [1.807, 2.05) is 0 Å². The number of unbranched alkanes of at least 4 members (excludes halogenated alkanes) is 1. The first-order valence-electron chi connectivity index (χ1n) is 8.64. The molecule has 124 valence electrons. The van der Waals surface area contributed by atoms with E-state index in [0.717, 1.165) is 32.3 Å². The Balaban J connectivity index is 2.35. The highest BCUT2D eigenvalue weighted by atomic mass is 28.4. The first-order valence-corrected chi connectivity index (χ1v) is 10.8. The Morgan fingerprint density at radius 1 is 1.10 bits per heavy atom. The Labute approximate surface area is 131 Å².